The number of benzene rings is 2. The van der Waals surface area contributed by atoms with Crippen molar-refractivity contribution in [3.8, 4) is 11.4 Å². The Morgan fingerprint density at radius 2 is 1.81 bits per heavy atom. The van der Waals surface area contributed by atoms with Crippen LogP contribution in [0.25, 0.3) is 11.4 Å². The predicted octanol–water partition coefficient (Wildman–Crippen LogP) is 4.35. The van der Waals surface area contributed by atoms with E-state index in [2.05, 4.69) is 15.5 Å². The Morgan fingerprint density at radius 3 is 2.58 bits per heavy atom. The number of nitrogens with two attached hydrogens (primary N) is 1. The highest BCUT2D eigenvalue weighted by Crippen LogP contribution is 2.30. The molecule has 6 nitrogen and oxygen atoms in total. The summed E-state index contributed by atoms with van der Waals surface area (Å²) in [5, 5.41) is 12.3. The lowest BCUT2D eigenvalue weighted by atomic mass is 10.2. The van der Waals surface area contributed by atoms with Crippen LogP contribution >= 0.6 is 46.6 Å². The fraction of sp³-hybridized carbons (Fsp3) is 0.0625. The summed E-state index contributed by atoms with van der Waals surface area (Å²) in [6.45, 7) is 0. The number of nitrogens with one attached hydrogen (secondary N) is 1. The largest absolute Gasteiger partial charge is 0.335 e. The number of rotatable bonds is 5. The molecule has 3 aromatic rings. The van der Waals surface area contributed by atoms with Gasteiger partial charge in [0.05, 0.1) is 26.5 Å². The molecule has 0 aliphatic rings. The average molecular weight is 429 g/mol. The zero-order valence-corrected chi connectivity index (χ0v) is 16.2. The quantitative estimate of drug-likeness (QED) is 0.466. The van der Waals surface area contributed by atoms with E-state index in [1.807, 2.05) is 12.1 Å². The molecule has 3 N–H and O–H groups in total. The third-order valence-electron chi connectivity index (χ3n) is 3.34. The molecular weight excluding hydrogens is 417 g/mol. The molecule has 1 heterocycles. The van der Waals surface area contributed by atoms with Gasteiger partial charge in [-0.2, -0.15) is 0 Å². The Hall–Kier alpha value is -1.93. The Kier molecular flexibility index (Phi) is 5.93. The van der Waals surface area contributed by atoms with Gasteiger partial charge in [0.1, 0.15) is 0 Å². The first-order chi connectivity index (χ1) is 12.5. The van der Waals surface area contributed by atoms with Gasteiger partial charge in [-0.25, -0.2) is 4.68 Å². The number of hydrogen-bond donors (Lipinski definition) is 2. The molecule has 0 aliphatic heterocycles. The van der Waals surface area contributed by atoms with Gasteiger partial charge < -0.3 is 11.2 Å². The highest BCUT2D eigenvalue weighted by molar-refractivity contribution is 7.99. The van der Waals surface area contributed by atoms with Crippen LogP contribution in [0.5, 0.6) is 0 Å². The second-order valence-electron chi connectivity index (χ2n) is 5.09. The third-order valence-corrected chi connectivity index (χ3v) is 5.43. The number of hydrogen-bond acceptors (Lipinski definition) is 5. The van der Waals surface area contributed by atoms with E-state index in [4.69, 9.17) is 40.6 Å². The van der Waals surface area contributed by atoms with Crippen LogP contribution < -0.4 is 11.2 Å². The lowest BCUT2D eigenvalue weighted by Gasteiger charge is -2.08. The Balaban J connectivity index is 1.68. The molecule has 0 atom stereocenters. The zero-order chi connectivity index (χ0) is 18.7. The first-order valence-electron chi connectivity index (χ1n) is 7.29. The maximum Gasteiger partial charge on any atom is 0.234 e. The maximum absolute atomic E-state index is 12.1. The van der Waals surface area contributed by atoms with Gasteiger partial charge in [-0.3, -0.25) is 4.79 Å². The summed E-state index contributed by atoms with van der Waals surface area (Å²) in [6, 6.07) is 12.2. The summed E-state index contributed by atoms with van der Waals surface area (Å²) < 4.78 is 1.30. The van der Waals surface area contributed by atoms with Gasteiger partial charge >= 0.3 is 0 Å². The van der Waals surface area contributed by atoms with Crippen molar-refractivity contribution >= 4 is 58.2 Å². The number of nitrogen functional groups attached to an aromatic ring is 1. The van der Waals surface area contributed by atoms with Crippen molar-refractivity contribution in [3.63, 3.8) is 0 Å². The van der Waals surface area contributed by atoms with Crippen LogP contribution in [0.1, 0.15) is 0 Å². The molecule has 0 fully saturated rings. The molecule has 3 rings (SSSR count). The van der Waals surface area contributed by atoms with Crippen molar-refractivity contribution in [2.45, 2.75) is 5.16 Å². The van der Waals surface area contributed by atoms with E-state index in [0.29, 0.717) is 32.3 Å². The number of aromatic nitrogens is 3. The van der Waals surface area contributed by atoms with Gasteiger partial charge in [0.25, 0.3) is 0 Å². The Labute approximate surface area is 168 Å². The van der Waals surface area contributed by atoms with E-state index in [9.17, 15) is 4.79 Å². The highest BCUT2D eigenvalue weighted by atomic mass is 35.5. The lowest BCUT2D eigenvalue weighted by molar-refractivity contribution is -0.113. The average Bonchev–Trinajstić information content (AvgIpc) is 2.98. The number of amides is 1. The molecule has 1 amide bonds. The molecule has 0 radical (unpaired) electrons. The molecule has 10 heteroatoms. The summed E-state index contributed by atoms with van der Waals surface area (Å²) in [4.78, 5) is 12.1. The number of nitrogens with zero attached hydrogens (tertiary/aromatic N) is 3. The van der Waals surface area contributed by atoms with E-state index in [0.717, 1.165) is 11.8 Å². The van der Waals surface area contributed by atoms with Crippen molar-refractivity contribution in [2.24, 2.45) is 0 Å². The van der Waals surface area contributed by atoms with E-state index >= 15 is 0 Å². The Morgan fingerprint density at radius 1 is 1.08 bits per heavy atom. The molecule has 0 unspecified atom stereocenters. The topological polar surface area (TPSA) is 85.8 Å². The number of anilines is 1. The molecule has 0 saturated heterocycles. The summed E-state index contributed by atoms with van der Waals surface area (Å²) in [7, 11) is 0. The van der Waals surface area contributed by atoms with E-state index in [-0.39, 0.29) is 16.7 Å². The van der Waals surface area contributed by atoms with Gasteiger partial charge in [0, 0.05) is 5.56 Å². The van der Waals surface area contributed by atoms with Gasteiger partial charge in [-0.15, -0.1) is 10.2 Å². The molecule has 134 valence electrons. The van der Waals surface area contributed by atoms with E-state index in [1.165, 1.54) is 4.68 Å². The summed E-state index contributed by atoms with van der Waals surface area (Å²) in [5.41, 5.74) is 1.10. The first-order valence-corrected chi connectivity index (χ1v) is 9.41. The number of carbonyl (C=O) groups excluding carboxylic acids is 1. The monoisotopic (exact) mass is 427 g/mol. The lowest BCUT2D eigenvalue weighted by Crippen LogP contribution is -2.16. The van der Waals surface area contributed by atoms with Crippen LogP contribution in [0.3, 0.4) is 0 Å². The van der Waals surface area contributed by atoms with E-state index < -0.39 is 0 Å². The van der Waals surface area contributed by atoms with E-state index in [1.54, 1.807) is 30.3 Å². The smallest absolute Gasteiger partial charge is 0.234 e. The van der Waals surface area contributed by atoms with Crippen LogP contribution in [0.4, 0.5) is 5.69 Å². The second-order valence-corrected chi connectivity index (χ2v) is 7.23. The number of carbonyl (C=O) groups is 1. The molecule has 1 aromatic heterocycles. The first kappa shape index (κ1) is 18.8. The predicted molar refractivity (Wildman–Crippen MR) is 106 cm³/mol. The van der Waals surface area contributed by atoms with Crippen molar-refractivity contribution < 1.29 is 4.79 Å². The van der Waals surface area contributed by atoms with Crippen LogP contribution in [-0.2, 0) is 4.79 Å². The fourth-order valence-corrected chi connectivity index (χ4v) is 3.34. The fourth-order valence-electron chi connectivity index (χ4n) is 2.12. The summed E-state index contributed by atoms with van der Waals surface area (Å²) in [5.74, 6) is 6.24. The number of thioether (sulfide) groups is 1. The molecule has 2 aromatic carbocycles. The molecule has 0 saturated carbocycles. The standard InChI is InChI=1S/C16H12Cl3N5OS/c17-10-5-2-1-4-9(10)15-22-23-16(24(15)20)26-8-13(25)21-12-7-3-6-11(18)14(12)19/h1-7H,8,20H2,(H,21,25). The van der Waals surface area contributed by atoms with Crippen molar-refractivity contribution in [2.75, 3.05) is 16.9 Å². The second kappa shape index (κ2) is 8.18. The minimum Gasteiger partial charge on any atom is -0.335 e. The van der Waals surface area contributed by atoms with Gasteiger partial charge in [0.2, 0.25) is 11.1 Å². The molecule has 26 heavy (non-hydrogen) atoms. The Bertz CT molecular complexity index is 963. The molecule has 0 spiro atoms. The van der Waals surface area contributed by atoms with Crippen LogP contribution in [0.2, 0.25) is 15.1 Å². The van der Waals surface area contributed by atoms with Gasteiger partial charge in [0.15, 0.2) is 5.82 Å². The minimum absolute atomic E-state index is 0.0701. The summed E-state index contributed by atoms with van der Waals surface area (Å²) in [6.07, 6.45) is 0. The SMILES string of the molecule is Nn1c(SCC(=O)Nc2cccc(Cl)c2Cl)nnc1-c1ccccc1Cl. The zero-order valence-electron chi connectivity index (χ0n) is 13.1. The van der Waals surface area contributed by atoms with Gasteiger partial charge in [-0.1, -0.05) is 64.8 Å². The normalized spacial score (nSPS) is 10.7. The van der Waals surface area contributed by atoms with Crippen LogP contribution in [0.15, 0.2) is 47.6 Å². The molecule has 0 aliphatic carbocycles. The van der Waals surface area contributed by atoms with Crippen molar-refractivity contribution in [3.05, 3.63) is 57.5 Å². The van der Waals surface area contributed by atoms with Crippen molar-refractivity contribution in [1.29, 1.82) is 0 Å². The molecular formula is C16H12Cl3N5OS. The highest BCUT2D eigenvalue weighted by Gasteiger charge is 2.16. The van der Waals surface area contributed by atoms with Crippen LogP contribution in [-0.4, -0.2) is 26.5 Å². The minimum atomic E-state index is -0.276. The number of halogens is 3. The summed E-state index contributed by atoms with van der Waals surface area (Å²) >= 11 is 19.3. The van der Waals surface area contributed by atoms with Crippen LogP contribution in [0, 0.1) is 0 Å². The molecule has 0 bridgehead atoms. The maximum atomic E-state index is 12.1. The van der Waals surface area contributed by atoms with Gasteiger partial charge in [-0.05, 0) is 24.3 Å². The third kappa shape index (κ3) is 4.07. The van der Waals surface area contributed by atoms with Crippen molar-refractivity contribution in [1.82, 2.24) is 14.9 Å².